The molecule has 2 N–H and O–H groups in total. The number of hydrogen-bond acceptors (Lipinski definition) is 5. The Labute approximate surface area is 153 Å². The Hall–Kier alpha value is -2.31. The van der Waals surface area contributed by atoms with Gasteiger partial charge in [0.25, 0.3) is 5.91 Å². The molecule has 142 valence electrons. The molecule has 0 aromatic carbocycles. The summed E-state index contributed by atoms with van der Waals surface area (Å²) in [6, 6.07) is 5.70. The Balaban J connectivity index is 1.30. The number of carbonyl (C=O) groups is 2. The van der Waals surface area contributed by atoms with Gasteiger partial charge in [0.1, 0.15) is 5.60 Å². The van der Waals surface area contributed by atoms with Gasteiger partial charge < -0.3 is 20.1 Å². The Kier molecular flexibility index (Phi) is 5.07. The maximum atomic E-state index is 11.9. The SMILES string of the molecule is CC(C)(C)OC(=O)NC1CC2(CC(NC(=O)COc3ccccn3)C2)C1. The number of nitrogens with one attached hydrogen (secondary N) is 2. The highest BCUT2D eigenvalue weighted by atomic mass is 16.6. The first-order chi connectivity index (χ1) is 12.2. The molecule has 1 heterocycles. The summed E-state index contributed by atoms with van der Waals surface area (Å²) in [6.07, 6.45) is 5.07. The number of carbonyl (C=O) groups excluding carboxylic acids is 2. The van der Waals surface area contributed by atoms with Crippen LogP contribution in [0.4, 0.5) is 4.79 Å². The van der Waals surface area contributed by atoms with Crippen molar-refractivity contribution in [2.24, 2.45) is 5.41 Å². The summed E-state index contributed by atoms with van der Waals surface area (Å²) in [6.45, 7) is 5.53. The number of alkyl carbamates (subject to hydrolysis) is 1. The molecule has 2 aliphatic carbocycles. The lowest BCUT2D eigenvalue weighted by Crippen LogP contribution is -2.61. The summed E-state index contributed by atoms with van der Waals surface area (Å²) in [5.74, 6) is 0.320. The number of rotatable bonds is 5. The van der Waals surface area contributed by atoms with Crippen LogP contribution in [-0.2, 0) is 9.53 Å². The quantitative estimate of drug-likeness (QED) is 0.841. The molecule has 1 spiro atoms. The zero-order valence-electron chi connectivity index (χ0n) is 15.6. The molecular formula is C19H27N3O4. The molecular weight excluding hydrogens is 334 g/mol. The van der Waals surface area contributed by atoms with Crippen LogP contribution in [0.15, 0.2) is 24.4 Å². The van der Waals surface area contributed by atoms with E-state index in [9.17, 15) is 9.59 Å². The number of pyridine rings is 1. The highest BCUT2D eigenvalue weighted by molar-refractivity contribution is 5.78. The van der Waals surface area contributed by atoms with Crippen LogP contribution in [-0.4, -0.2) is 41.3 Å². The Morgan fingerprint density at radius 1 is 1.15 bits per heavy atom. The minimum atomic E-state index is -0.477. The number of hydrogen-bond donors (Lipinski definition) is 2. The van der Waals surface area contributed by atoms with Gasteiger partial charge >= 0.3 is 6.09 Å². The van der Waals surface area contributed by atoms with E-state index >= 15 is 0 Å². The van der Waals surface area contributed by atoms with Crippen LogP contribution < -0.4 is 15.4 Å². The topological polar surface area (TPSA) is 89.6 Å². The van der Waals surface area contributed by atoms with Crippen LogP contribution in [0.3, 0.4) is 0 Å². The van der Waals surface area contributed by atoms with Crippen molar-refractivity contribution in [1.82, 2.24) is 15.6 Å². The molecule has 26 heavy (non-hydrogen) atoms. The van der Waals surface area contributed by atoms with Crippen LogP contribution in [0, 0.1) is 5.41 Å². The van der Waals surface area contributed by atoms with Crippen molar-refractivity contribution in [2.45, 2.75) is 64.1 Å². The third-order valence-electron chi connectivity index (χ3n) is 4.79. The average molecular weight is 361 g/mol. The van der Waals surface area contributed by atoms with Crippen LogP contribution in [0.5, 0.6) is 5.88 Å². The van der Waals surface area contributed by atoms with E-state index in [2.05, 4.69) is 15.6 Å². The smallest absolute Gasteiger partial charge is 0.407 e. The Morgan fingerprint density at radius 2 is 1.81 bits per heavy atom. The van der Waals surface area contributed by atoms with Gasteiger partial charge in [-0.1, -0.05) is 6.07 Å². The molecule has 1 aromatic heterocycles. The number of ether oxygens (including phenoxy) is 2. The molecule has 7 heteroatoms. The predicted octanol–water partition coefficient (Wildman–Crippen LogP) is 2.41. The maximum absolute atomic E-state index is 11.9. The van der Waals surface area contributed by atoms with E-state index in [1.165, 1.54) is 0 Å². The van der Waals surface area contributed by atoms with E-state index in [0.717, 1.165) is 25.7 Å². The average Bonchev–Trinajstić information content (AvgIpc) is 2.48. The highest BCUT2D eigenvalue weighted by Gasteiger charge is 2.53. The van der Waals surface area contributed by atoms with Gasteiger partial charge in [0.2, 0.25) is 5.88 Å². The lowest BCUT2D eigenvalue weighted by atomic mass is 9.52. The summed E-state index contributed by atoms with van der Waals surface area (Å²) in [4.78, 5) is 27.7. The first kappa shape index (κ1) is 18.5. The largest absolute Gasteiger partial charge is 0.468 e. The maximum Gasteiger partial charge on any atom is 0.407 e. The fourth-order valence-corrected chi connectivity index (χ4v) is 3.82. The van der Waals surface area contributed by atoms with Gasteiger partial charge in [-0.05, 0) is 57.9 Å². The summed E-state index contributed by atoms with van der Waals surface area (Å²) in [5, 5.41) is 5.91. The summed E-state index contributed by atoms with van der Waals surface area (Å²) in [5.41, 5.74) is -0.214. The third kappa shape index (κ3) is 4.86. The molecule has 0 atom stereocenters. The standard InChI is InChI=1S/C19H27N3O4/c1-18(2,3)26-17(24)22-14-10-19(11-14)8-13(9-19)21-15(23)12-25-16-6-4-5-7-20-16/h4-7,13-14H,8-12H2,1-3H3,(H,21,23)(H,22,24). The van der Waals surface area contributed by atoms with Crippen LogP contribution in [0.1, 0.15) is 46.5 Å². The molecule has 2 aliphatic rings. The molecule has 3 rings (SSSR count). The summed E-state index contributed by atoms with van der Waals surface area (Å²) < 4.78 is 10.6. The fourth-order valence-electron chi connectivity index (χ4n) is 3.82. The van der Waals surface area contributed by atoms with Gasteiger partial charge in [-0.25, -0.2) is 9.78 Å². The van der Waals surface area contributed by atoms with E-state index in [1.807, 2.05) is 26.8 Å². The van der Waals surface area contributed by atoms with Gasteiger partial charge in [-0.2, -0.15) is 0 Å². The van der Waals surface area contributed by atoms with Gasteiger partial charge in [0, 0.05) is 24.3 Å². The molecule has 0 aliphatic heterocycles. The summed E-state index contributed by atoms with van der Waals surface area (Å²) in [7, 11) is 0. The van der Waals surface area contributed by atoms with Crippen LogP contribution in [0.2, 0.25) is 0 Å². The zero-order chi connectivity index (χ0) is 18.8. The molecule has 2 saturated carbocycles. The van der Waals surface area contributed by atoms with Crippen molar-refractivity contribution in [1.29, 1.82) is 0 Å². The first-order valence-electron chi connectivity index (χ1n) is 9.06. The predicted molar refractivity (Wildman–Crippen MR) is 95.7 cm³/mol. The Bertz CT molecular complexity index is 642. The number of nitrogens with zero attached hydrogens (tertiary/aromatic N) is 1. The van der Waals surface area contributed by atoms with E-state index in [0.29, 0.717) is 5.88 Å². The van der Waals surface area contributed by atoms with E-state index in [1.54, 1.807) is 18.3 Å². The second-order valence-electron chi connectivity index (χ2n) is 8.38. The van der Waals surface area contributed by atoms with Gasteiger partial charge in [0.15, 0.2) is 6.61 Å². The minimum absolute atomic E-state index is 0.0245. The third-order valence-corrected chi connectivity index (χ3v) is 4.79. The molecule has 7 nitrogen and oxygen atoms in total. The molecule has 0 saturated heterocycles. The molecule has 0 bridgehead atoms. The van der Waals surface area contributed by atoms with Crippen molar-refractivity contribution in [3.8, 4) is 5.88 Å². The lowest BCUT2D eigenvalue weighted by Gasteiger charge is -2.57. The molecule has 2 fully saturated rings. The van der Waals surface area contributed by atoms with Crippen molar-refractivity contribution < 1.29 is 19.1 Å². The van der Waals surface area contributed by atoms with Gasteiger partial charge in [-0.15, -0.1) is 0 Å². The van der Waals surface area contributed by atoms with Gasteiger partial charge in [0.05, 0.1) is 0 Å². The first-order valence-corrected chi connectivity index (χ1v) is 9.06. The molecule has 2 amide bonds. The minimum Gasteiger partial charge on any atom is -0.468 e. The van der Waals surface area contributed by atoms with Gasteiger partial charge in [-0.3, -0.25) is 4.79 Å². The molecule has 0 unspecified atom stereocenters. The summed E-state index contributed by atoms with van der Waals surface area (Å²) >= 11 is 0. The monoisotopic (exact) mass is 361 g/mol. The van der Waals surface area contributed by atoms with Crippen molar-refractivity contribution in [3.05, 3.63) is 24.4 Å². The fraction of sp³-hybridized carbons (Fsp3) is 0.632. The second kappa shape index (κ2) is 7.13. The van der Waals surface area contributed by atoms with Crippen LogP contribution in [0.25, 0.3) is 0 Å². The Morgan fingerprint density at radius 3 is 2.38 bits per heavy atom. The van der Waals surface area contributed by atoms with E-state index in [-0.39, 0.29) is 36.1 Å². The van der Waals surface area contributed by atoms with Crippen molar-refractivity contribution >= 4 is 12.0 Å². The van der Waals surface area contributed by atoms with Crippen LogP contribution >= 0.6 is 0 Å². The zero-order valence-corrected chi connectivity index (χ0v) is 15.6. The van der Waals surface area contributed by atoms with E-state index in [4.69, 9.17) is 9.47 Å². The number of aromatic nitrogens is 1. The number of amides is 2. The molecule has 1 aromatic rings. The lowest BCUT2D eigenvalue weighted by molar-refractivity contribution is -0.127. The van der Waals surface area contributed by atoms with Crippen molar-refractivity contribution in [3.63, 3.8) is 0 Å². The molecule has 0 radical (unpaired) electrons. The normalized spacial score (nSPS) is 27.0. The second-order valence-corrected chi connectivity index (χ2v) is 8.38. The van der Waals surface area contributed by atoms with Crippen molar-refractivity contribution in [2.75, 3.05) is 6.61 Å². The highest BCUT2D eigenvalue weighted by Crippen LogP contribution is 2.55. The van der Waals surface area contributed by atoms with E-state index < -0.39 is 5.60 Å².